The van der Waals surface area contributed by atoms with Crippen LogP contribution in [0.25, 0.3) is 10.9 Å². The van der Waals surface area contributed by atoms with Crippen LogP contribution in [-0.2, 0) is 29.0 Å². The number of carbonyl (C=O) groups is 2. The van der Waals surface area contributed by atoms with Gasteiger partial charge >= 0.3 is 11.7 Å². The van der Waals surface area contributed by atoms with Crippen LogP contribution in [0.2, 0.25) is 0 Å². The van der Waals surface area contributed by atoms with Gasteiger partial charge in [0.05, 0.1) is 23.1 Å². The lowest BCUT2D eigenvalue weighted by molar-refractivity contribution is -0.116. The summed E-state index contributed by atoms with van der Waals surface area (Å²) in [6, 6.07) is 6.69. The van der Waals surface area contributed by atoms with E-state index in [-0.39, 0.29) is 25.3 Å². The number of aryl methyl sites for hydroxylation is 1. The van der Waals surface area contributed by atoms with Gasteiger partial charge in [0.2, 0.25) is 5.91 Å². The van der Waals surface area contributed by atoms with Crippen molar-refractivity contribution in [3.05, 3.63) is 61.1 Å². The van der Waals surface area contributed by atoms with Crippen molar-refractivity contribution in [1.82, 2.24) is 9.13 Å². The number of rotatable bonds is 7. The molecule has 0 saturated heterocycles. The van der Waals surface area contributed by atoms with E-state index in [4.69, 9.17) is 4.74 Å². The number of fused-ring (bicyclic) bond motifs is 1. The molecular formula is C22H25N3O5S. The Hall–Kier alpha value is -3.20. The minimum absolute atomic E-state index is 0.196. The molecule has 2 aromatic heterocycles. The van der Waals surface area contributed by atoms with Crippen LogP contribution in [0.15, 0.2) is 33.9 Å². The van der Waals surface area contributed by atoms with E-state index in [0.29, 0.717) is 27.9 Å². The quantitative estimate of drug-likeness (QED) is 0.566. The molecule has 2 heterocycles. The van der Waals surface area contributed by atoms with Crippen molar-refractivity contribution in [2.24, 2.45) is 0 Å². The maximum atomic E-state index is 12.9. The number of thiophene rings is 1. The van der Waals surface area contributed by atoms with Gasteiger partial charge in [0.15, 0.2) is 0 Å². The third-order valence-electron chi connectivity index (χ3n) is 5.05. The number of anilines is 1. The van der Waals surface area contributed by atoms with E-state index in [1.807, 2.05) is 13.8 Å². The van der Waals surface area contributed by atoms with E-state index in [1.54, 1.807) is 38.1 Å². The van der Waals surface area contributed by atoms with E-state index >= 15 is 0 Å². The zero-order valence-electron chi connectivity index (χ0n) is 18.0. The van der Waals surface area contributed by atoms with Gasteiger partial charge in [-0.1, -0.05) is 19.1 Å². The summed E-state index contributed by atoms with van der Waals surface area (Å²) in [6.45, 7) is 7.38. The predicted molar refractivity (Wildman–Crippen MR) is 121 cm³/mol. The number of para-hydroxylation sites is 1. The standard InChI is InChI=1S/C22H25N3O5S/c1-5-14-13(4)31-19(18(14)21(28)30-7-3)23-17(26)12-25-16-11-9-8-10-15(16)20(27)24(6-2)22(25)29/h8-11H,5-7,12H2,1-4H3,(H,23,26). The van der Waals surface area contributed by atoms with E-state index in [1.165, 1.54) is 15.9 Å². The summed E-state index contributed by atoms with van der Waals surface area (Å²) in [5, 5.41) is 3.54. The van der Waals surface area contributed by atoms with Gasteiger partial charge in [0.1, 0.15) is 11.5 Å². The summed E-state index contributed by atoms with van der Waals surface area (Å²) < 4.78 is 7.55. The summed E-state index contributed by atoms with van der Waals surface area (Å²) >= 11 is 1.30. The number of hydrogen-bond donors (Lipinski definition) is 1. The first-order chi connectivity index (χ1) is 14.8. The summed E-state index contributed by atoms with van der Waals surface area (Å²) in [5.41, 5.74) is 0.644. The number of esters is 1. The number of carbonyl (C=O) groups excluding carboxylic acids is 2. The van der Waals surface area contributed by atoms with Crippen LogP contribution in [0.5, 0.6) is 0 Å². The summed E-state index contributed by atoms with van der Waals surface area (Å²) in [6.07, 6.45) is 0.623. The van der Waals surface area contributed by atoms with Crippen molar-refractivity contribution < 1.29 is 14.3 Å². The van der Waals surface area contributed by atoms with Crippen LogP contribution < -0.4 is 16.6 Å². The van der Waals surface area contributed by atoms with Crippen LogP contribution >= 0.6 is 11.3 Å². The average Bonchev–Trinajstić information content (AvgIpc) is 3.06. The second-order valence-electron chi connectivity index (χ2n) is 6.90. The molecule has 0 aliphatic heterocycles. The van der Waals surface area contributed by atoms with Gasteiger partial charge in [-0.25, -0.2) is 9.59 Å². The summed E-state index contributed by atoms with van der Waals surface area (Å²) in [7, 11) is 0. The number of benzene rings is 1. The molecule has 0 radical (unpaired) electrons. The maximum Gasteiger partial charge on any atom is 0.341 e. The van der Waals surface area contributed by atoms with Gasteiger partial charge in [0.25, 0.3) is 5.56 Å². The molecular weight excluding hydrogens is 418 g/mol. The molecule has 0 spiro atoms. The van der Waals surface area contributed by atoms with Crippen molar-refractivity contribution in [2.45, 2.75) is 47.2 Å². The van der Waals surface area contributed by atoms with Crippen LogP contribution in [0.4, 0.5) is 5.00 Å². The van der Waals surface area contributed by atoms with Crippen LogP contribution in [-0.4, -0.2) is 27.6 Å². The molecule has 0 fully saturated rings. The molecule has 0 atom stereocenters. The van der Waals surface area contributed by atoms with Gasteiger partial charge in [-0.3, -0.25) is 18.7 Å². The number of nitrogens with zero attached hydrogens (tertiary/aromatic N) is 2. The second kappa shape index (κ2) is 9.30. The number of ether oxygens (including phenoxy) is 1. The summed E-state index contributed by atoms with van der Waals surface area (Å²) in [4.78, 5) is 51.7. The first kappa shape index (κ1) is 22.5. The van der Waals surface area contributed by atoms with Crippen molar-refractivity contribution in [3.8, 4) is 0 Å². The Morgan fingerprint density at radius 2 is 1.81 bits per heavy atom. The molecule has 1 N–H and O–H groups in total. The Bertz CT molecular complexity index is 1270. The van der Waals surface area contributed by atoms with Gasteiger partial charge < -0.3 is 10.1 Å². The molecule has 9 heteroatoms. The Morgan fingerprint density at radius 1 is 1.10 bits per heavy atom. The Labute approximate surface area is 183 Å². The fourth-order valence-electron chi connectivity index (χ4n) is 3.62. The highest BCUT2D eigenvalue weighted by atomic mass is 32.1. The second-order valence-corrected chi connectivity index (χ2v) is 8.12. The monoisotopic (exact) mass is 443 g/mol. The molecule has 0 aliphatic carbocycles. The van der Waals surface area contributed by atoms with Gasteiger partial charge in [-0.15, -0.1) is 11.3 Å². The van der Waals surface area contributed by atoms with Crippen molar-refractivity contribution >= 4 is 39.1 Å². The third-order valence-corrected chi connectivity index (χ3v) is 6.11. The Morgan fingerprint density at radius 3 is 2.45 bits per heavy atom. The molecule has 1 amide bonds. The molecule has 1 aromatic carbocycles. The molecule has 8 nitrogen and oxygen atoms in total. The molecule has 0 bridgehead atoms. The lowest BCUT2D eigenvalue weighted by Gasteiger charge is -2.13. The fourth-order valence-corrected chi connectivity index (χ4v) is 4.77. The molecule has 0 unspecified atom stereocenters. The lowest BCUT2D eigenvalue weighted by atomic mass is 10.1. The average molecular weight is 444 g/mol. The molecule has 0 saturated carbocycles. The number of nitrogens with one attached hydrogen (secondary N) is 1. The maximum absolute atomic E-state index is 12.9. The molecule has 0 aliphatic rings. The van der Waals surface area contributed by atoms with Crippen LogP contribution in [0, 0.1) is 6.92 Å². The normalized spacial score (nSPS) is 11.0. The molecule has 3 aromatic rings. The van der Waals surface area contributed by atoms with E-state index in [2.05, 4.69) is 5.32 Å². The first-order valence-electron chi connectivity index (χ1n) is 10.2. The van der Waals surface area contributed by atoms with Crippen LogP contribution in [0.3, 0.4) is 0 Å². The summed E-state index contributed by atoms with van der Waals surface area (Å²) in [5.74, 6) is -0.954. The zero-order valence-corrected chi connectivity index (χ0v) is 18.8. The Balaban J connectivity index is 2.01. The highest BCUT2D eigenvalue weighted by molar-refractivity contribution is 7.16. The minimum Gasteiger partial charge on any atom is -0.462 e. The molecule has 3 rings (SSSR count). The Kier molecular flexibility index (Phi) is 6.74. The zero-order chi connectivity index (χ0) is 22.7. The number of hydrogen-bond acceptors (Lipinski definition) is 6. The lowest BCUT2D eigenvalue weighted by Crippen LogP contribution is -2.41. The van der Waals surface area contributed by atoms with E-state index in [9.17, 15) is 19.2 Å². The molecule has 164 valence electrons. The van der Waals surface area contributed by atoms with Crippen molar-refractivity contribution in [3.63, 3.8) is 0 Å². The topological polar surface area (TPSA) is 99.4 Å². The van der Waals surface area contributed by atoms with Crippen molar-refractivity contribution in [2.75, 3.05) is 11.9 Å². The van der Waals surface area contributed by atoms with Gasteiger partial charge in [-0.05, 0) is 44.9 Å². The SMILES string of the molecule is CCOC(=O)c1c(NC(=O)Cn2c(=O)n(CC)c(=O)c3ccccc32)sc(C)c1CC. The fraction of sp³-hybridized carbons (Fsp3) is 0.364. The van der Waals surface area contributed by atoms with Gasteiger partial charge in [0, 0.05) is 11.4 Å². The smallest absolute Gasteiger partial charge is 0.341 e. The number of aromatic nitrogens is 2. The minimum atomic E-state index is -0.552. The van der Waals surface area contributed by atoms with E-state index < -0.39 is 17.6 Å². The predicted octanol–water partition coefficient (Wildman–Crippen LogP) is 2.93. The first-order valence-corrected chi connectivity index (χ1v) is 11.0. The van der Waals surface area contributed by atoms with Crippen LogP contribution in [0.1, 0.15) is 41.6 Å². The van der Waals surface area contributed by atoms with Crippen molar-refractivity contribution in [1.29, 1.82) is 0 Å². The number of amides is 1. The third kappa shape index (κ3) is 4.18. The largest absolute Gasteiger partial charge is 0.462 e. The highest BCUT2D eigenvalue weighted by Gasteiger charge is 2.24. The van der Waals surface area contributed by atoms with E-state index in [0.717, 1.165) is 15.0 Å². The van der Waals surface area contributed by atoms with Gasteiger partial charge in [-0.2, -0.15) is 0 Å². The molecule has 31 heavy (non-hydrogen) atoms. The highest BCUT2D eigenvalue weighted by Crippen LogP contribution is 2.34.